The number of ether oxygens (including phenoxy) is 1. The molecule has 0 saturated heterocycles. The second kappa shape index (κ2) is 9.92. The van der Waals surface area contributed by atoms with Crippen molar-refractivity contribution < 1.29 is 9.53 Å². The first kappa shape index (κ1) is 20.6. The van der Waals surface area contributed by atoms with E-state index in [0.29, 0.717) is 30.4 Å². The van der Waals surface area contributed by atoms with Gasteiger partial charge in [-0.25, -0.2) is 0 Å². The Balaban J connectivity index is 1.82. The molecule has 1 heterocycles. The van der Waals surface area contributed by atoms with Crippen molar-refractivity contribution in [2.45, 2.75) is 69.3 Å². The second-order valence-corrected chi connectivity index (χ2v) is 8.12. The lowest BCUT2D eigenvalue weighted by Gasteiger charge is -2.21. The maximum atomic E-state index is 11.8. The Kier molecular flexibility index (Phi) is 7.31. The fourth-order valence-electron chi connectivity index (χ4n) is 3.72. The smallest absolute Gasteiger partial charge is 0.191 e. The summed E-state index contributed by atoms with van der Waals surface area (Å²) in [4.78, 5) is 11.8. The molecule has 6 heteroatoms. The first-order valence-electron chi connectivity index (χ1n) is 10.1. The Morgan fingerprint density at radius 2 is 2.11 bits per heavy atom. The molecular weight excluding hydrogens is 370 g/mol. The van der Waals surface area contributed by atoms with Crippen molar-refractivity contribution in [2.24, 2.45) is 0 Å². The van der Waals surface area contributed by atoms with Gasteiger partial charge in [0.25, 0.3) is 0 Å². The molecule has 1 aromatic heterocycles. The molecule has 1 saturated carbocycles. The van der Waals surface area contributed by atoms with Gasteiger partial charge >= 0.3 is 0 Å². The number of thioether (sulfide) groups is 1. The van der Waals surface area contributed by atoms with Crippen LogP contribution in [0.25, 0.3) is 0 Å². The lowest BCUT2D eigenvalue weighted by molar-refractivity contribution is 0.101. The monoisotopic (exact) mass is 399 g/mol. The van der Waals surface area contributed by atoms with Crippen LogP contribution in [0, 0.1) is 0 Å². The summed E-state index contributed by atoms with van der Waals surface area (Å²) in [6, 6.07) is 5.64. The van der Waals surface area contributed by atoms with Crippen LogP contribution in [0.2, 0.25) is 0 Å². The normalized spacial score (nSPS) is 14.8. The Bertz CT molecular complexity index is 825. The number of aromatic nitrogens is 3. The summed E-state index contributed by atoms with van der Waals surface area (Å²) in [6.07, 6.45) is 8.14. The lowest BCUT2D eigenvalue weighted by atomic mass is 9.89. The van der Waals surface area contributed by atoms with Gasteiger partial charge in [-0.2, -0.15) is 0 Å². The third-order valence-corrected chi connectivity index (χ3v) is 6.17. The molecule has 0 bridgehead atoms. The molecule has 150 valence electrons. The minimum atomic E-state index is 0.0590. The van der Waals surface area contributed by atoms with Gasteiger partial charge in [0.15, 0.2) is 10.9 Å². The fraction of sp³-hybridized carbons (Fsp3) is 0.500. The van der Waals surface area contributed by atoms with E-state index >= 15 is 0 Å². The van der Waals surface area contributed by atoms with E-state index in [9.17, 15) is 4.79 Å². The molecular formula is C22H29N3O2S. The molecule has 1 fully saturated rings. The van der Waals surface area contributed by atoms with Crippen molar-refractivity contribution in [2.75, 3.05) is 6.61 Å². The Morgan fingerprint density at radius 3 is 2.79 bits per heavy atom. The van der Waals surface area contributed by atoms with Crippen LogP contribution in [0.3, 0.4) is 0 Å². The first-order chi connectivity index (χ1) is 13.6. The zero-order valence-electron chi connectivity index (χ0n) is 16.8. The number of benzene rings is 1. The number of Topliss-reactive ketones (excluding diaryl/α,β-unsaturated/α-hetero) is 1. The van der Waals surface area contributed by atoms with E-state index in [4.69, 9.17) is 4.74 Å². The van der Waals surface area contributed by atoms with Crippen LogP contribution >= 0.6 is 11.8 Å². The summed E-state index contributed by atoms with van der Waals surface area (Å²) in [5, 5.41) is 9.91. The lowest BCUT2D eigenvalue weighted by Crippen LogP contribution is -2.12. The minimum Gasteiger partial charge on any atom is -0.494 e. The van der Waals surface area contributed by atoms with Crippen LogP contribution in [0.15, 0.2) is 36.0 Å². The first-order valence-corrected chi connectivity index (χ1v) is 11.1. The highest BCUT2D eigenvalue weighted by molar-refractivity contribution is 7.98. The summed E-state index contributed by atoms with van der Waals surface area (Å²) in [7, 11) is 0. The zero-order chi connectivity index (χ0) is 19.9. The molecule has 0 radical (unpaired) electrons. The van der Waals surface area contributed by atoms with Crippen LogP contribution in [-0.4, -0.2) is 27.2 Å². The molecule has 0 amide bonds. The molecule has 2 aromatic rings. The Hall–Kier alpha value is -2.08. The van der Waals surface area contributed by atoms with E-state index in [0.717, 1.165) is 22.3 Å². The average molecular weight is 400 g/mol. The number of allylic oxidation sites excluding steroid dienone is 1. The number of carbonyl (C=O) groups excluding carboxylic acids is 1. The molecule has 0 aliphatic heterocycles. The largest absolute Gasteiger partial charge is 0.494 e. The molecule has 1 aliphatic rings. The number of hydrogen-bond donors (Lipinski definition) is 0. The maximum Gasteiger partial charge on any atom is 0.191 e. The standard InChI is InChI=1S/C22H29N3O2S/c1-4-13-25-21(17-9-7-6-8-10-17)23-24-22(25)28-15-19-14-18(16(3)26)11-12-20(19)27-5-2/h4,11-12,14,17H,1,5-10,13,15H2,2-3H3. The maximum absolute atomic E-state index is 11.8. The summed E-state index contributed by atoms with van der Waals surface area (Å²) in [5.74, 6) is 3.14. The number of ketones is 1. The van der Waals surface area contributed by atoms with E-state index in [1.165, 1.54) is 32.1 Å². The van der Waals surface area contributed by atoms with E-state index in [1.54, 1.807) is 18.7 Å². The van der Waals surface area contributed by atoms with Crippen molar-refractivity contribution in [1.82, 2.24) is 14.8 Å². The van der Waals surface area contributed by atoms with Crippen molar-refractivity contribution in [3.63, 3.8) is 0 Å². The average Bonchev–Trinajstić information content (AvgIpc) is 3.11. The summed E-state index contributed by atoms with van der Waals surface area (Å²) in [5.41, 5.74) is 1.71. The van der Waals surface area contributed by atoms with Gasteiger partial charge in [0.1, 0.15) is 11.6 Å². The number of rotatable bonds is 9. The molecule has 28 heavy (non-hydrogen) atoms. The summed E-state index contributed by atoms with van der Waals surface area (Å²) < 4.78 is 7.95. The topological polar surface area (TPSA) is 57.0 Å². The van der Waals surface area contributed by atoms with E-state index in [2.05, 4.69) is 21.3 Å². The highest BCUT2D eigenvalue weighted by atomic mass is 32.2. The minimum absolute atomic E-state index is 0.0590. The zero-order valence-corrected chi connectivity index (χ0v) is 17.6. The molecule has 3 rings (SSSR count). The van der Waals surface area contributed by atoms with Crippen molar-refractivity contribution in [1.29, 1.82) is 0 Å². The van der Waals surface area contributed by atoms with E-state index in [-0.39, 0.29) is 5.78 Å². The summed E-state index contributed by atoms with van der Waals surface area (Å²) >= 11 is 1.64. The van der Waals surface area contributed by atoms with Crippen LogP contribution in [0.1, 0.15) is 73.6 Å². The third-order valence-electron chi connectivity index (χ3n) is 5.15. The molecule has 0 N–H and O–H groups in total. The summed E-state index contributed by atoms with van der Waals surface area (Å²) in [6.45, 7) is 8.77. The Morgan fingerprint density at radius 1 is 1.32 bits per heavy atom. The van der Waals surface area contributed by atoms with Crippen LogP contribution in [-0.2, 0) is 12.3 Å². The van der Waals surface area contributed by atoms with Crippen LogP contribution in [0.4, 0.5) is 0 Å². The van der Waals surface area contributed by atoms with Gasteiger partial charge in [-0.15, -0.1) is 16.8 Å². The highest BCUT2D eigenvalue weighted by Crippen LogP contribution is 2.34. The van der Waals surface area contributed by atoms with Gasteiger partial charge < -0.3 is 9.30 Å². The number of nitrogens with zero attached hydrogens (tertiary/aromatic N) is 3. The predicted molar refractivity (Wildman–Crippen MR) is 113 cm³/mol. The van der Waals surface area contributed by atoms with E-state index in [1.807, 2.05) is 31.2 Å². The van der Waals surface area contributed by atoms with Crippen molar-refractivity contribution in [3.05, 3.63) is 47.8 Å². The molecule has 0 unspecified atom stereocenters. The van der Waals surface area contributed by atoms with Gasteiger partial charge in [-0.05, 0) is 44.9 Å². The van der Waals surface area contributed by atoms with Gasteiger partial charge in [0.05, 0.1) is 6.61 Å². The second-order valence-electron chi connectivity index (χ2n) is 7.18. The molecule has 5 nitrogen and oxygen atoms in total. The molecule has 1 aromatic carbocycles. The molecule has 1 aliphatic carbocycles. The van der Waals surface area contributed by atoms with Gasteiger partial charge in [-0.1, -0.05) is 37.1 Å². The molecule has 0 atom stereocenters. The highest BCUT2D eigenvalue weighted by Gasteiger charge is 2.23. The van der Waals surface area contributed by atoms with Crippen molar-refractivity contribution >= 4 is 17.5 Å². The molecule has 0 spiro atoms. The van der Waals surface area contributed by atoms with Crippen molar-refractivity contribution in [3.8, 4) is 5.75 Å². The predicted octanol–water partition coefficient (Wildman–Crippen LogP) is 5.41. The van der Waals surface area contributed by atoms with E-state index < -0.39 is 0 Å². The van der Waals surface area contributed by atoms with Crippen LogP contribution in [0.5, 0.6) is 5.75 Å². The Labute approximate surface area is 171 Å². The van der Waals surface area contributed by atoms with Crippen LogP contribution < -0.4 is 4.74 Å². The number of hydrogen-bond acceptors (Lipinski definition) is 5. The third kappa shape index (κ3) is 4.85. The van der Waals surface area contributed by atoms with Gasteiger partial charge in [0.2, 0.25) is 0 Å². The van der Waals surface area contributed by atoms with Gasteiger partial charge in [-0.3, -0.25) is 4.79 Å². The quantitative estimate of drug-likeness (QED) is 0.321. The number of carbonyl (C=O) groups is 1. The SMILES string of the molecule is C=CCn1c(SCc2cc(C(C)=O)ccc2OCC)nnc1C1CCCCC1. The fourth-order valence-corrected chi connectivity index (χ4v) is 4.65. The van der Waals surface area contributed by atoms with Gasteiger partial charge in [0, 0.05) is 29.3 Å².